The molecular weight excluding hydrogens is 301 g/mol. The maximum Gasteiger partial charge on any atom is 0.166 e. The van der Waals surface area contributed by atoms with E-state index < -0.39 is 0 Å². The zero-order valence-corrected chi connectivity index (χ0v) is 11.9. The van der Waals surface area contributed by atoms with Gasteiger partial charge in [-0.1, -0.05) is 15.9 Å². The number of halogens is 2. The van der Waals surface area contributed by atoms with Crippen molar-refractivity contribution in [3.63, 3.8) is 0 Å². The monoisotopic (exact) mass is 317 g/mol. The Labute approximate surface area is 115 Å². The molecule has 5 heteroatoms. The standard InChI is InChI=1S/C13H17BrFNO2/c1-17-8-11(7-16-10-3-4-10)18-13-5-2-9(14)6-12(13)15/h2,5-6,10-11,16H,3-4,7-8H2,1H3. The van der Waals surface area contributed by atoms with Gasteiger partial charge in [-0.05, 0) is 31.0 Å². The molecule has 18 heavy (non-hydrogen) atoms. The molecule has 2 rings (SSSR count). The summed E-state index contributed by atoms with van der Waals surface area (Å²) in [5.41, 5.74) is 0. The van der Waals surface area contributed by atoms with E-state index in [-0.39, 0.29) is 17.7 Å². The lowest BCUT2D eigenvalue weighted by Gasteiger charge is -2.19. The first-order valence-corrected chi connectivity index (χ1v) is 6.82. The number of benzene rings is 1. The van der Waals surface area contributed by atoms with Crippen LogP contribution in [0.4, 0.5) is 4.39 Å². The highest BCUT2D eigenvalue weighted by Gasteiger charge is 2.22. The van der Waals surface area contributed by atoms with E-state index in [4.69, 9.17) is 9.47 Å². The summed E-state index contributed by atoms with van der Waals surface area (Å²) in [6.45, 7) is 1.11. The molecule has 0 radical (unpaired) electrons. The molecule has 0 spiro atoms. The lowest BCUT2D eigenvalue weighted by Crippen LogP contribution is -2.36. The molecule has 0 amide bonds. The number of nitrogens with one attached hydrogen (secondary N) is 1. The SMILES string of the molecule is COCC(CNC1CC1)Oc1ccc(Br)cc1F. The normalized spacial score (nSPS) is 16.6. The van der Waals surface area contributed by atoms with E-state index in [9.17, 15) is 4.39 Å². The van der Waals surface area contributed by atoms with Crippen LogP contribution in [-0.2, 0) is 4.74 Å². The van der Waals surface area contributed by atoms with Gasteiger partial charge in [0.1, 0.15) is 6.10 Å². The molecule has 0 heterocycles. The first kappa shape index (κ1) is 13.8. The van der Waals surface area contributed by atoms with Crippen molar-refractivity contribution in [3.05, 3.63) is 28.5 Å². The Kier molecular flexibility index (Phi) is 4.97. The molecule has 0 bridgehead atoms. The van der Waals surface area contributed by atoms with Crippen molar-refractivity contribution in [1.29, 1.82) is 0 Å². The van der Waals surface area contributed by atoms with Crippen molar-refractivity contribution in [2.24, 2.45) is 0 Å². The van der Waals surface area contributed by atoms with Crippen molar-refractivity contribution in [1.82, 2.24) is 5.32 Å². The third kappa shape index (κ3) is 4.23. The number of hydrogen-bond acceptors (Lipinski definition) is 3. The first-order valence-electron chi connectivity index (χ1n) is 6.03. The second kappa shape index (κ2) is 6.50. The molecule has 1 unspecified atom stereocenters. The zero-order valence-electron chi connectivity index (χ0n) is 10.3. The fourth-order valence-corrected chi connectivity index (χ4v) is 1.99. The van der Waals surface area contributed by atoms with Gasteiger partial charge in [-0.2, -0.15) is 0 Å². The van der Waals surface area contributed by atoms with Crippen LogP contribution in [0.2, 0.25) is 0 Å². The number of methoxy groups -OCH3 is 1. The zero-order chi connectivity index (χ0) is 13.0. The minimum Gasteiger partial charge on any atom is -0.484 e. The number of ether oxygens (including phenoxy) is 2. The average Bonchev–Trinajstić information content (AvgIpc) is 3.13. The molecule has 1 aromatic rings. The highest BCUT2D eigenvalue weighted by atomic mass is 79.9. The molecule has 0 saturated heterocycles. The third-order valence-electron chi connectivity index (χ3n) is 2.75. The van der Waals surface area contributed by atoms with Crippen molar-refractivity contribution in [2.75, 3.05) is 20.3 Å². The largest absolute Gasteiger partial charge is 0.484 e. The quantitative estimate of drug-likeness (QED) is 0.838. The Balaban J connectivity index is 1.92. The second-order valence-electron chi connectivity index (χ2n) is 4.45. The van der Waals surface area contributed by atoms with E-state index in [1.165, 1.54) is 18.9 Å². The van der Waals surface area contributed by atoms with E-state index in [0.717, 1.165) is 0 Å². The number of hydrogen-bond donors (Lipinski definition) is 1. The van der Waals surface area contributed by atoms with Gasteiger partial charge in [-0.3, -0.25) is 0 Å². The molecule has 100 valence electrons. The highest BCUT2D eigenvalue weighted by Crippen LogP contribution is 2.23. The second-order valence-corrected chi connectivity index (χ2v) is 5.37. The van der Waals surface area contributed by atoms with E-state index >= 15 is 0 Å². The van der Waals surface area contributed by atoms with Crippen LogP contribution in [0.25, 0.3) is 0 Å². The fourth-order valence-electron chi connectivity index (χ4n) is 1.66. The maximum absolute atomic E-state index is 13.6. The molecule has 0 aliphatic heterocycles. The van der Waals surface area contributed by atoms with Crippen molar-refractivity contribution >= 4 is 15.9 Å². The predicted octanol–water partition coefficient (Wildman–Crippen LogP) is 2.73. The molecule has 1 N–H and O–H groups in total. The molecular formula is C13H17BrFNO2. The smallest absolute Gasteiger partial charge is 0.166 e. The Morgan fingerprint density at radius 2 is 2.28 bits per heavy atom. The molecule has 1 saturated carbocycles. The summed E-state index contributed by atoms with van der Waals surface area (Å²) in [7, 11) is 1.62. The van der Waals surface area contributed by atoms with E-state index in [1.54, 1.807) is 19.2 Å². The van der Waals surface area contributed by atoms with Gasteiger partial charge in [-0.25, -0.2) is 4.39 Å². The molecule has 1 fully saturated rings. The summed E-state index contributed by atoms with van der Waals surface area (Å²) in [5, 5.41) is 3.36. The van der Waals surface area contributed by atoms with Crippen molar-refractivity contribution in [3.8, 4) is 5.75 Å². The minimum atomic E-state index is -0.364. The summed E-state index contributed by atoms with van der Waals surface area (Å²) < 4.78 is 25.1. The Morgan fingerprint density at radius 3 is 2.89 bits per heavy atom. The van der Waals surface area contributed by atoms with Gasteiger partial charge in [-0.15, -0.1) is 0 Å². The maximum atomic E-state index is 13.6. The Bertz CT molecular complexity index is 399. The van der Waals surface area contributed by atoms with Crippen LogP contribution in [0.15, 0.2) is 22.7 Å². The van der Waals surface area contributed by atoms with Gasteiger partial charge in [0.05, 0.1) is 6.61 Å². The van der Waals surface area contributed by atoms with Crippen LogP contribution in [-0.4, -0.2) is 32.4 Å². The van der Waals surface area contributed by atoms with Gasteiger partial charge < -0.3 is 14.8 Å². The highest BCUT2D eigenvalue weighted by molar-refractivity contribution is 9.10. The summed E-state index contributed by atoms with van der Waals surface area (Å²) in [6, 6.07) is 5.38. The molecule has 1 aliphatic carbocycles. The number of rotatable bonds is 7. The summed E-state index contributed by atoms with van der Waals surface area (Å²) in [4.78, 5) is 0. The predicted molar refractivity (Wildman–Crippen MR) is 71.4 cm³/mol. The third-order valence-corrected chi connectivity index (χ3v) is 3.24. The minimum absolute atomic E-state index is 0.175. The van der Waals surface area contributed by atoms with Crippen LogP contribution >= 0.6 is 15.9 Å². The molecule has 3 nitrogen and oxygen atoms in total. The lowest BCUT2D eigenvalue weighted by molar-refractivity contribution is 0.0776. The summed E-state index contributed by atoms with van der Waals surface area (Å²) in [6.07, 6.45) is 2.25. The lowest BCUT2D eigenvalue weighted by atomic mass is 10.3. The topological polar surface area (TPSA) is 30.5 Å². The van der Waals surface area contributed by atoms with E-state index in [1.807, 2.05) is 0 Å². The molecule has 0 aromatic heterocycles. The van der Waals surface area contributed by atoms with Crippen molar-refractivity contribution in [2.45, 2.75) is 25.0 Å². The fraction of sp³-hybridized carbons (Fsp3) is 0.538. The summed E-state index contributed by atoms with van der Waals surface area (Å²) in [5.74, 6) is -0.102. The average molecular weight is 318 g/mol. The van der Waals surface area contributed by atoms with Crippen LogP contribution in [0.1, 0.15) is 12.8 Å². The van der Waals surface area contributed by atoms with Gasteiger partial charge in [0.15, 0.2) is 11.6 Å². The first-order chi connectivity index (χ1) is 8.69. The van der Waals surface area contributed by atoms with Crippen LogP contribution < -0.4 is 10.1 Å². The van der Waals surface area contributed by atoms with E-state index in [2.05, 4.69) is 21.2 Å². The summed E-state index contributed by atoms with van der Waals surface area (Å²) >= 11 is 3.22. The van der Waals surface area contributed by atoms with Gasteiger partial charge >= 0.3 is 0 Å². The van der Waals surface area contributed by atoms with Gasteiger partial charge in [0.2, 0.25) is 0 Å². The van der Waals surface area contributed by atoms with Gasteiger partial charge in [0, 0.05) is 24.2 Å². The van der Waals surface area contributed by atoms with Crippen LogP contribution in [0.3, 0.4) is 0 Å². The molecule has 1 aromatic carbocycles. The van der Waals surface area contributed by atoms with Crippen molar-refractivity contribution < 1.29 is 13.9 Å². The molecule has 1 aliphatic rings. The van der Waals surface area contributed by atoms with Crippen LogP contribution in [0.5, 0.6) is 5.75 Å². The van der Waals surface area contributed by atoms with E-state index in [0.29, 0.717) is 23.7 Å². The van der Waals surface area contributed by atoms with Gasteiger partial charge in [0.25, 0.3) is 0 Å². The Hall–Kier alpha value is -0.650. The molecule has 1 atom stereocenters. The van der Waals surface area contributed by atoms with Crippen LogP contribution in [0, 0.1) is 5.82 Å². The Morgan fingerprint density at radius 1 is 1.50 bits per heavy atom.